The first-order valence-corrected chi connectivity index (χ1v) is 11.5. The summed E-state index contributed by atoms with van der Waals surface area (Å²) in [6, 6.07) is 12.5. The zero-order valence-electron chi connectivity index (χ0n) is 19.8. The molecular weight excluding hydrogens is 545 g/mol. The van der Waals surface area contributed by atoms with Crippen LogP contribution in [0.2, 0.25) is 0 Å². The highest BCUT2D eigenvalue weighted by Gasteiger charge is 2.23. The minimum atomic E-state index is -0.953. The van der Waals surface area contributed by atoms with Crippen molar-refractivity contribution in [1.29, 1.82) is 0 Å². The molecule has 2 rings (SSSR count). The molecule has 0 saturated heterocycles. The van der Waals surface area contributed by atoms with Crippen molar-refractivity contribution in [2.75, 3.05) is 24.8 Å². The summed E-state index contributed by atoms with van der Waals surface area (Å²) in [5.74, 6) is -1.41. The maximum atomic E-state index is 13.4. The lowest BCUT2D eigenvalue weighted by atomic mass is 10.1. The number of benzene rings is 2. The van der Waals surface area contributed by atoms with Crippen molar-refractivity contribution in [2.24, 2.45) is 11.7 Å². The van der Waals surface area contributed by atoms with Crippen molar-refractivity contribution >= 4 is 57.7 Å². The van der Waals surface area contributed by atoms with E-state index in [4.69, 9.17) is 15.2 Å². The van der Waals surface area contributed by atoms with E-state index in [9.17, 15) is 18.8 Å². The SMILES string of the molecule is CC(=O)N(CCN(c1ccc(F)cc1)c1cccc(Br)c1)C(=O)OCOC(=O)C(N)CC(C)C.Cl. The summed E-state index contributed by atoms with van der Waals surface area (Å²) in [6.07, 6.45) is -0.521. The van der Waals surface area contributed by atoms with Crippen LogP contribution < -0.4 is 10.6 Å². The molecule has 0 radical (unpaired) electrons. The summed E-state index contributed by atoms with van der Waals surface area (Å²) in [4.78, 5) is 39.2. The number of anilines is 2. The first-order valence-electron chi connectivity index (χ1n) is 10.7. The Kier molecular flexibility index (Phi) is 12.7. The Morgan fingerprint density at radius 2 is 1.69 bits per heavy atom. The first-order chi connectivity index (χ1) is 16.1. The van der Waals surface area contributed by atoms with Crippen molar-refractivity contribution < 1.29 is 28.2 Å². The highest BCUT2D eigenvalue weighted by Crippen LogP contribution is 2.27. The van der Waals surface area contributed by atoms with Gasteiger partial charge in [-0.2, -0.15) is 0 Å². The van der Waals surface area contributed by atoms with E-state index in [1.165, 1.54) is 19.1 Å². The topological polar surface area (TPSA) is 102 Å². The van der Waals surface area contributed by atoms with Crippen LogP contribution in [0.4, 0.5) is 20.6 Å². The molecule has 0 aliphatic rings. The van der Waals surface area contributed by atoms with Crippen molar-refractivity contribution in [2.45, 2.75) is 33.2 Å². The highest BCUT2D eigenvalue weighted by molar-refractivity contribution is 9.10. The molecule has 1 unspecified atom stereocenters. The number of carbonyl (C=O) groups is 3. The van der Waals surface area contributed by atoms with E-state index in [1.807, 2.05) is 43.0 Å². The van der Waals surface area contributed by atoms with E-state index in [0.29, 0.717) is 12.1 Å². The number of nitrogens with zero attached hydrogens (tertiary/aromatic N) is 2. The van der Waals surface area contributed by atoms with Crippen molar-refractivity contribution in [3.8, 4) is 0 Å². The van der Waals surface area contributed by atoms with Gasteiger partial charge in [0, 0.05) is 35.9 Å². The van der Waals surface area contributed by atoms with Gasteiger partial charge >= 0.3 is 12.1 Å². The molecular formula is C24H30BrClFN3O5. The van der Waals surface area contributed by atoms with Crippen LogP contribution >= 0.6 is 28.3 Å². The average molecular weight is 575 g/mol. The molecule has 35 heavy (non-hydrogen) atoms. The maximum Gasteiger partial charge on any atom is 0.419 e. The highest BCUT2D eigenvalue weighted by atomic mass is 79.9. The molecule has 0 aliphatic carbocycles. The van der Waals surface area contributed by atoms with Crippen molar-refractivity contribution in [1.82, 2.24) is 4.90 Å². The molecule has 8 nitrogen and oxygen atoms in total. The van der Waals surface area contributed by atoms with Gasteiger partial charge in [0.05, 0.1) is 0 Å². The van der Waals surface area contributed by atoms with Crippen molar-refractivity contribution in [3.05, 3.63) is 58.8 Å². The lowest BCUT2D eigenvalue weighted by Gasteiger charge is -2.28. The molecule has 0 spiro atoms. The van der Waals surface area contributed by atoms with Gasteiger partial charge in [-0.05, 0) is 54.8 Å². The minimum Gasteiger partial charge on any atom is -0.427 e. The molecule has 0 aromatic heterocycles. The van der Waals surface area contributed by atoms with Crippen LogP contribution in [-0.4, -0.2) is 48.8 Å². The quantitative estimate of drug-likeness (QED) is 0.314. The molecule has 0 bridgehead atoms. The Morgan fingerprint density at radius 1 is 1.03 bits per heavy atom. The van der Waals surface area contributed by atoms with Gasteiger partial charge in [-0.3, -0.25) is 9.59 Å². The van der Waals surface area contributed by atoms with Crippen LogP contribution in [0.15, 0.2) is 53.0 Å². The molecule has 2 aromatic rings. The number of ether oxygens (including phenoxy) is 2. The predicted octanol–water partition coefficient (Wildman–Crippen LogP) is 5.01. The molecule has 2 aromatic carbocycles. The third-order valence-corrected chi connectivity index (χ3v) is 5.31. The van der Waals surface area contributed by atoms with E-state index >= 15 is 0 Å². The summed E-state index contributed by atoms with van der Waals surface area (Å²) in [6.45, 7) is 4.59. The molecule has 0 saturated carbocycles. The number of halogens is 3. The molecule has 192 valence electrons. The normalized spacial score (nSPS) is 11.3. The summed E-state index contributed by atoms with van der Waals surface area (Å²) >= 11 is 3.43. The van der Waals surface area contributed by atoms with Gasteiger partial charge < -0.3 is 20.1 Å². The number of esters is 1. The van der Waals surface area contributed by atoms with E-state index < -0.39 is 30.8 Å². The number of carbonyl (C=O) groups excluding carboxylic acids is 3. The number of hydrogen-bond acceptors (Lipinski definition) is 7. The summed E-state index contributed by atoms with van der Waals surface area (Å²) in [7, 11) is 0. The third-order valence-electron chi connectivity index (χ3n) is 4.82. The first kappa shape index (κ1) is 30.3. The Bertz CT molecular complexity index is 993. The van der Waals surface area contributed by atoms with Gasteiger partial charge in [-0.15, -0.1) is 12.4 Å². The van der Waals surface area contributed by atoms with E-state index in [1.54, 1.807) is 12.1 Å². The average Bonchev–Trinajstić information content (AvgIpc) is 2.76. The summed E-state index contributed by atoms with van der Waals surface area (Å²) in [5.41, 5.74) is 7.18. The third kappa shape index (κ3) is 9.83. The van der Waals surface area contributed by atoms with Crippen molar-refractivity contribution in [3.63, 3.8) is 0 Å². The second-order valence-electron chi connectivity index (χ2n) is 8.01. The fourth-order valence-electron chi connectivity index (χ4n) is 3.18. The van der Waals surface area contributed by atoms with Crippen LogP contribution in [0.25, 0.3) is 0 Å². The number of rotatable bonds is 10. The summed E-state index contributed by atoms with van der Waals surface area (Å²) < 4.78 is 24.1. The number of imide groups is 1. The Labute approximate surface area is 219 Å². The predicted molar refractivity (Wildman–Crippen MR) is 137 cm³/mol. The number of nitrogens with two attached hydrogens (primary N) is 1. The standard InChI is InChI=1S/C24H29BrFN3O5.ClH/c1-16(2)13-22(27)23(31)33-15-34-24(32)28(17(3)30)11-12-29(20-9-7-19(26)8-10-20)21-6-4-5-18(25)14-21;/h4-10,14,16,22H,11-13,15,27H2,1-3H3;1H. The van der Waals surface area contributed by atoms with Gasteiger partial charge in [-0.25, -0.2) is 14.1 Å². The fraction of sp³-hybridized carbons (Fsp3) is 0.375. The molecule has 0 aliphatic heterocycles. The molecule has 11 heteroatoms. The number of hydrogen-bond donors (Lipinski definition) is 1. The summed E-state index contributed by atoms with van der Waals surface area (Å²) in [5, 5.41) is 0. The van der Waals surface area contributed by atoms with E-state index in [2.05, 4.69) is 15.9 Å². The van der Waals surface area contributed by atoms with Crippen LogP contribution in [0.5, 0.6) is 0 Å². The lowest BCUT2D eigenvalue weighted by molar-refractivity contribution is -0.154. The van der Waals surface area contributed by atoms with Gasteiger partial charge in [0.1, 0.15) is 11.9 Å². The molecule has 2 amide bonds. The van der Waals surface area contributed by atoms with Crippen LogP contribution in [-0.2, 0) is 19.1 Å². The van der Waals surface area contributed by atoms with Gasteiger partial charge in [0.2, 0.25) is 12.7 Å². The number of amides is 2. The Balaban J connectivity index is 0.00000612. The molecule has 1 atom stereocenters. The van der Waals surface area contributed by atoms with Crippen LogP contribution in [0.3, 0.4) is 0 Å². The zero-order valence-corrected chi connectivity index (χ0v) is 22.2. The molecule has 0 fully saturated rings. The van der Waals surface area contributed by atoms with Gasteiger partial charge in [0.15, 0.2) is 0 Å². The zero-order chi connectivity index (χ0) is 25.3. The fourth-order valence-corrected chi connectivity index (χ4v) is 3.56. The minimum absolute atomic E-state index is 0. The smallest absolute Gasteiger partial charge is 0.419 e. The lowest BCUT2D eigenvalue weighted by Crippen LogP contribution is -2.41. The second-order valence-corrected chi connectivity index (χ2v) is 8.92. The molecule has 2 N–H and O–H groups in total. The Morgan fingerprint density at radius 3 is 2.26 bits per heavy atom. The molecule has 0 heterocycles. The monoisotopic (exact) mass is 573 g/mol. The van der Waals surface area contributed by atoms with Crippen LogP contribution in [0.1, 0.15) is 27.2 Å². The maximum absolute atomic E-state index is 13.4. The Hall–Kier alpha value is -2.69. The largest absolute Gasteiger partial charge is 0.427 e. The van der Waals surface area contributed by atoms with Gasteiger partial charge in [0.25, 0.3) is 0 Å². The second kappa shape index (κ2) is 14.7. The van der Waals surface area contributed by atoms with Gasteiger partial charge in [-0.1, -0.05) is 35.8 Å². The van der Waals surface area contributed by atoms with E-state index in [0.717, 1.165) is 15.1 Å². The van der Waals surface area contributed by atoms with E-state index in [-0.39, 0.29) is 37.2 Å². The van der Waals surface area contributed by atoms with Crippen LogP contribution in [0, 0.1) is 11.7 Å².